The molecule has 0 aliphatic carbocycles. The van der Waals surface area contributed by atoms with Gasteiger partial charge in [-0.15, -0.1) is 0 Å². The first-order valence-electron chi connectivity index (χ1n) is 4.18. The molecule has 0 amide bonds. The summed E-state index contributed by atoms with van der Waals surface area (Å²) >= 11 is 0. The Morgan fingerprint density at radius 3 is 2.33 bits per heavy atom. The van der Waals surface area contributed by atoms with E-state index >= 15 is 0 Å². The van der Waals surface area contributed by atoms with E-state index in [-0.39, 0.29) is 11.6 Å². The first-order chi connectivity index (χ1) is 5.51. The maximum absolute atomic E-state index is 5.42. The van der Waals surface area contributed by atoms with E-state index in [0.29, 0.717) is 0 Å². The van der Waals surface area contributed by atoms with Crippen molar-refractivity contribution < 1.29 is 4.74 Å². The Labute approximate surface area is 74.9 Å². The summed E-state index contributed by atoms with van der Waals surface area (Å²) in [5.74, 6) is 5.42. The number of ether oxygens (including phenoxy) is 1. The summed E-state index contributed by atoms with van der Waals surface area (Å²) in [6, 6.07) is 0.00694. The van der Waals surface area contributed by atoms with Gasteiger partial charge in [-0.1, -0.05) is 19.1 Å². The molecule has 0 spiro atoms. The summed E-state index contributed by atoms with van der Waals surface area (Å²) in [6.07, 6.45) is 0.894. The SMILES string of the molecule is C=C(C)C(NN)C(C)(CC)OC. The van der Waals surface area contributed by atoms with Gasteiger partial charge in [-0.05, 0) is 20.3 Å². The molecule has 0 saturated carbocycles. The van der Waals surface area contributed by atoms with Gasteiger partial charge in [-0.25, -0.2) is 0 Å². The van der Waals surface area contributed by atoms with Crippen LogP contribution in [0.25, 0.3) is 0 Å². The summed E-state index contributed by atoms with van der Waals surface area (Å²) < 4.78 is 5.40. The minimum Gasteiger partial charge on any atom is -0.377 e. The molecule has 0 aromatic rings. The van der Waals surface area contributed by atoms with Crippen molar-refractivity contribution in [2.24, 2.45) is 5.84 Å². The van der Waals surface area contributed by atoms with Gasteiger partial charge in [0.25, 0.3) is 0 Å². The highest BCUT2D eigenvalue weighted by molar-refractivity contribution is 5.09. The maximum atomic E-state index is 5.42. The van der Waals surface area contributed by atoms with E-state index in [1.165, 1.54) is 0 Å². The van der Waals surface area contributed by atoms with Crippen molar-refractivity contribution in [1.29, 1.82) is 0 Å². The number of nitrogens with two attached hydrogens (primary N) is 1. The van der Waals surface area contributed by atoms with Gasteiger partial charge < -0.3 is 4.74 Å². The second-order valence-corrected chi connectivity index (χ2v) is 3.32. The quantitative estimate of drug-likeness (QED) is 0.372. The van der Waals surface area contributed by atoms with Gasteiger partial charge in [0.05, 0.1) is 11.6 Å². The van der Waals surface area contributed by atoms with Gasteiger partial charge in [0, 0.05) is 7.11 Å². The third-order valence-electron chi connectivity index (χ3n) is 2.44. The average molecular weight is 172 g/mol. The van der Waals surface area contributed by atoms with Gasteiger partial charge >= 0.3 is 0 Å². The monoisotopic (exact) mass is 172 g/mol. The van der Waals surface area contributed by atoms with Crippen LogP contribution in [0.2, 0.25) is 0 Å². The molecule has 0 aromatic carbocycles. The van der Waals surface area contributed by atoms with Crippen molar-refractivity contribution in [3.63, 3.8) is 0 Å². The molecule has 3 N–H and O–H groups in total. The van der Waals surface area contributed by atoms with E-state index in [4.69, 9.17) is 10.6 Å². The molecular weight excluding hydrogens is 152 g/mol. The van der Waals surface area contributed by atoms with E-state index in [1.54, 1.807) is 7.11 Å². The molecule has 2 unspecified atom stereocenters. The Balaban J connectivity index is 4.54. The molecule has 3 heteroatoms. The predicted octanol–water partition coefficient (Wildman–Crippen LogP) is 1.21. The zero-order valence-corrected chi connectivity index (χ0v) is 8.48. The zero-order valence-electron chi connectivity index (χ0n) is 8.48. The zero-order chi connectivity index (χ0) is 9.78. The summed E-state index contributed by atoms with van der Waals surface area (Å²) in [6.45, 7) is 9.89. The molecule has 12 heavy (non-hydrogen) atoms. The van der Waals surface area contributed by atoms with Crippen LogP contribution in [0.15, 0.2) is 12.2 Å². The number of hydrogen-bond donors (Lipinski definition) is 2. The highest BCUT2D eigenvalue weighted by Crippen LogP contribution is 2.22. The summed E-state index contributed by atoms with van der Waals surface area (Å²) in [5, 5.41) is 0. The van der Waals surface area contributed by atoms with E-state index in [1.807, 2.05) is 13.8 Å². The smallest absolute Gasteiger partial charge is 0.0851 e. The molecule has 0 aliphatic rings. The summed E-state index contributed by atoms with van der Waals surface area (Å²) in [5.41, 5.74) is 3.45. The fourth-order valence-corrected chi connectivity index (χ4v) is 1.31. The second-order valence-electron chi connectivity index (χ2n) is 3.32. The molecule has 0 saturated heterocycles. The Bertz CT molecular complexity index is 153. The molecule has 0 heterocycles. The molecule has 2 atom stereocenters. The van der Waals surface area contributed by atoms with Gasteiger partial charge in [0.15, 0.2) is 0 Å². The lowest BCUT2D eigenvalue weighted by Crippen LogP contribution is -2.52. The molecule has 3 nitrogen and oxygen atoms in total. The molecule has 0 bridgehead atoms. The largest absolute Gasteiger partial charge is 0.377 e. The van der Waals surface area contributed by atoms with Crippen LogP contribution in [0.1, 0.15) is 27.2 Å². The van der Waals surface area contributed by atoms with Crippen LogP contribution < -0.4 is 11.3 Å². The van der Waals surface area contributed by atoms with Crippen molar-refractivity contribution in [2.45, 2.75) is 38.8 Å². The molecule has 0 aliphatic heterocycles. The fraction of sp³-hybridized carbons (Fsp3) is 0.778. The highest BCUT2D eigenvalue weighted by Gasteiger charge is 2.32. The Morgan fingerprint density at radius 1 is 1.75 bits per heavy atom. The van der Waals surface area contributed by atoms with Crippen LogP contribution in [-0.4, -0.2) is 18.8 Å². The fourth-order valence-electron chi connectivity index (χ4n) is 1.31. The molecule has 0 fully saturated rings. The topological polar surface area (TPSA) is 47.3 Å². The number of nitrogens with one attached hydrogen (secondary N) is 1. The Morgan fingerprint density at radius 2 is 2.25 bits per heavy atom. The molecule has 0 radical (unpaired) electrons. The van der Waals surface area contributed by atoms with Crippen molar-refractivity contribution in [3.05, 3.63) is 12.2 Å². The van der Waals surface area contributed by atoms with E-state index in [2.05, 4.69) is 18.9 Å². The number of methoxy groups -OCH3 is 1. The number of rotatable bonds is 5. The van der Waals surface area contributed by atoms with Crippen LogP contribution >= 0.6 is 0 Å². The molecule has 0 rings (SSSR count). The van der Waals surface area contributed by atoms with Gasteiger partial charge in [0.2, 0.25) is 0 Å². The van der Waals surface area contributed by atoms with E-state index in [0.717, 1.165) is 12.0 Å². The third-order valence-corrected chi connectivity index (χ3v) is 2.44. The summed E-state index contributed by atoms with van der Waals surface area (Å²) in [4.78, 5) is 0. The molecule has 0 aromatic heterocycles. The third kappa shape index (κ3) is 2.30. The molecule has 72 valence electrons. The van der Waals surface area contributed by atoms with E-state index < -0.39 is 0 Å². The Hall–Kier alpha value is -0.380. The van der Waals surface area contributed by atoms with Crippen LogP contribution in [0.3, 0.4) is 0 Å². The van der Waals surface area contributed by atoms with Crippen molar-refractivity contribution in [2.75, 3.05) is 7.11 Å². The van der Waals surface area contributed by atoms with E-state index in [9.17, 15) is 0 Å². The maximum Gasteiger partial charge on any atom is 0.0851 e. The van der Waals surface area contributed by atoms with Crippen LogP contribution in [0.5, 0.6) is 0 Å². The Kier molecular flexibility index (Phi) is 4.45. The first-order valence-corrected chi connectivity index (χ1v) is 4.18. The van der Waals surface area contributed by atoms with Crippen molar-refractivity contribution in [3.8, 4) is 0 Å². The highest BCUT2D eigenvalue weighted by atomic mass is 16.5. The van der Waals surface area contributed by atoms with Crippen LogP contribution in [-0.2, 0) is 4.74 Å². The van der Waals surface area contributed by atoms with Crippen molar-refractivity contribution in [1.82, 2.24) is 5.43 Å². The standard InChI is InChI=1S/C9H20N2O/c1-6-9(4,12-5)8(11-10)7(2)3/h8,11H,2,6,10H2,1,3-5H3. The van der Waals surface area contributed by atoms with Crippen LogP contribution in [0, 0.1) is 0 Å². The number of hydrazine groups is 1. The lowest BCUT2D eigenvalue weighted by atomic mass is 9.89. The average Bonchev–Trinajstić information content (AvgIpc) is 2.04. The lowest BCUT2D eigenvalue weighted by molar-refractivity contribution is -0.0189. The van der Waals surface area contributed by atoms with Crippen molar-refractivity contribution >= 4 is 0 Å². The number of hydrogen-bond acceptors (Lipinski definition) is 3. The van der Waals surface area contributed by atoms with Crippen LogP contribution in [0.4, 0.5) is 0 Å². The van der Waals surface area contributed by atoms with Gasteiger partial charge in [-0.3, -0.25) is 11.3 Å². The minimum absolute atomic E-state index is 0.00694. The summed E-state index contributed by atoms with van der Waals surface area (Å²) in [7, 11) is 1.69. The van der Waals surface area contributed by atoms with Gasteiger partial charge in [-0.2, -0.15) is 0 Å². The first kappa shape index (κ1) is 11.6. The normalized spacial score (nSPS) is 18.4. The second kappa shape index (κ2) is 4.60. The molecular formula is C9H20N2O. The minimum atomic E-state index is -0.263. The lowest BCUT2D eigenvalue weighted by Gasteiger charge is -2.35. The van der Waals surface area contributed by atoms with Gasteiger partial charge in [0.1, 0.15) is 0 Å². The predicted molar refractivity (Wildman–Crippen MR) is 51.6 cm³/mol.